The zero-order valence-electron chi connectivity index (χ0n) is 10.4. The molecule has 1 aromatic carbocycles. The largest absolute Gasteiger partial charge is 0.330 e. The summed E-state index contributed by atoms with van der Waals surface area (Å²) in [6.07, 6.45) is 2.06. The van der Waals surface area contributed by atoms with Crippen LogP contribution in [0.5, 0.6) is 0 Å². The lowest BCUT2D eigenvalue weighted by Gasteiger charge is -2.30. The van der Waals surface area contributed by atoms with Crippen molar-refractivity contribution in [3.8, 4) is 0 Å². The van der Waals surface area contributed by atoms with Crippen LogP contribution in [0.1, 0.15) is 23.2 Å². The zero-order valence-corrected chi connectivity index (χ0v) is 10.4. The highest BCUT2D eigenvalue weighted by atomic mass is 19.1. The fraction of sp³-hybridized carbons (Fsp3) is 0.500. The third-order valence-electron chi connectivity index (χ3n) is 3.58. The smallest absolute Gasteiger partial charge is 0.179 e. The Morgan fingerprint density at radius 1 is 1.33 bits per heavy atom. The van der Waals surface area contributed by atoms with Crippen molar-refractivity contribution in [2.45, 2.75) is 12.8 Å². The Kier molecular flexibility index (Phi) is 4.44. The van der Waals surface area contributed by atoms with Crippen molar-refractivity contribution < 1.29 is 9.18 Å². The van der Waals surface area contributed by atoms with Crippen LogP contribution >= 0.6 is 0 Å². The van der Waals surface area contributed by atoms with Crippen LogP contribution in [0.2, 0.25) is 0 Å². The van der Waals surface area contributed by atoms with E-state index in [1.54, 1.807) is 18.2 Å². The first-order valence-electron chi connectivity index (χ1n) is 6.41. The average Bonchev–Trinajstić information content (AvgIpc) is 2.40. The maximum atomic E-state index is 13.5. The highest BCUT2D eigenvalue weighted by Crippen LogP contribution is 2.16. The minimum Gasteiger partial charge on any atom is -0.330 e. The Bertz CT molecular complexity index is 414. The number of carbonyl (C=O) groups excluding carboxylic acids is 1. The van der Waals surface area contributed by atoms with E-state index < -0.39 is 5.82 Å². The van der Waals surface area contributed by atoms with E-state index in [0.29, 0.717) is 12.5 Å². The van der Waals surface area contributed by atoms with Gasteiger partial charge in [-0.3, -0.25) is 9.69 Å². The fourth-order valence-electron chi connectivity index (χ4n) is 2.36. The van der Waals surface area contributed by atoms with E-state index in [2.05, 4.69) is 4.90 Å². The first-order chi connectivity index (χ1) is 8.70. The lowest BCUT2D eigenvalue weighted by atomic mass is 9.96. The van der Waals surface area contributed by atoms with Crippen molar-refractivity contribution in [2.24, 2.45) is 11.7 Å². The predicted molar refractivity (Wildman–Crippen MR) is 68.9 cm³/mol. The van der Waals surface area contributed by atoms with Crippen LogP contribution in [-0.2, 0) is 0 Å². The third kappa shape index (κ3) is 3.15. The lowest BCUT2D eigenvalue weighted by Crippen LogP contribution is -2.39. The molecule has 98 valence electrons. The second kappa shape index (κ2) is 6.07. The SMILES string of the molecule is NCC1CCN(CC(=O)c2ccccc2F)CC1. The van der Waals surface area contributed by atoms with Gasteiger partial charge < -0.3 is 5.73 Å². The molecular weight excluding hydrogens is 231 g/mol. The van der Waals surface area contributed by atoms with Gasteiger partial charge in [0.1, 0.15) is 5.82 Å². The monoisotopic (exact) mass is 250 g/mol. The molecule has 1 fully saturated rings. The number of rotatable bonds is 4. The van der Waals surface area contributed by atoms with Crippen LogP contribution in [0.3, 0.4) is 0 Å². The van der Waals surface area contributed by atoms with Gasteiger partial charge in [0.25, 0.3) is 0 Å². The van der Waals surface area contributed by atoms with Gasteiger partial charge in [-0.15, -0.1) is 0 Å². The van der Waals surface area contributed by atoms with Gasteiger partial charge in [-0.2, -0.15) is 0 Å². The van der Waals surface area contributed by atoms with Gasteiger partial charge in [-0.25, -0.2) is 4.39 Å². The lowest BCUT2D eigenvalue weighted by molar-refractivity contribution is 0.0894. The summed E-state index contributed by atoms with van der Waals surface area (Å²) < 4.78 is 13.5. The number of nitrogens with zero attached hydrogens (tertiary/aromatic N) is 1. The summed E-state index contributed by atoms with van der Waals surface area (Å²) in [4.78, 5) is 14.1. The maximum absolute atomic E-state index is 13.5. The molecule has 0 saturated carbocycles. The highest BCUT2D eigenvalue weighted by molar-refractivity contribution is 5.97. The Morgan fingerprint density at radius 3 is 2.61 bits per heavy atom. The molecule has 18 heavy (non-hydrogen) atoms. The molecular formula is C14H19FN2O. The molecule has 0 amide bonds. The van der Waals surface area contributed by atoms with Gasteiger partial charge in [-0.1, -0.05) is 12.1 Å². The molecule has 0 spiro atoms. The highest BCUT2D eigenvalue weighted by Gasteiger charge is 2.21. The number of Topliss-reactive ketones (excluding diaryl/α,β-unsaturated/α-hetero) is 1. The summed E-state index contributed by atoms with van der Waals surface area (Å²) in [5.41, 5.74) is 5.82. The second-order valence-electron chi connectivity index (χ2n) is 4.86. The zero-order chi connectivity index (χ0) is 13.0. The molecule has 1 heterocycles. The van der Waals surface area contributed by atoms with Crippen LogP contribution in [0.25, 0.3) is 0 Å². The van der Waals surface area contributed by atoms with Gasteiger partial charge in [-0.05, 0) is 50.5 Å². The minimum absolute atomic E-state index is 0.140. The number of piperidine rings is 1. The summed E-state index contributed by atoms with van der Waals surface area (Å²) in [6.45, 7) is 2.78. The van der Waals surface area contributed by atoms with E-state index in [1.807, 2.05) is 0 Å². The molecule has 0 aromatic heterocycles. The van der Waals surface area contributed by atoms with Crippen LogP contribution in [0.15, 0.2) is 24.3 Å². The van der Waals surface area contributed by atoms with E-state index in [1.165, 1.54) is 6.07 Å². The molecule has 0 atom stereocenters. The molecule has 0 aliphatic carbocycles. The number of carbonyl (C=O) groups is 1. The molecule has 3 nitrogen and oxygen atoms in total. The molecule has 1 aliphatic heterocycles. The number of nitrogens with two attached hydrogens (primary N) is 1. The first kappa shape index (κ1) is 13.2. The number of benzene rings is 1. The van der Waals surface area contributed by atoms with Crippen LogP contribution in [-0.4, -0.2) is 36.9 Å². The van der Waals surface area contributed by atoms with Crippen LogP contribution in [0.4, 0.5) is 4.39 Å². The summed E-state index contributed by atoms with van der Waals surface area (Å²) in [5, 5.41) is 0. The third-order valence-corrected chi connectivity index (χ3v) is 3.58. The Hall–Kier alpha value is -1.26. The Labute approximate surface area is 107 Å². The summed E-state index contributed by atoms with van der Waals surface area (Å²) in [7, 11) is 0. The van der Waals surface area contributed by atoms with E-state index in [0.717, 1.165) is 32.5 Å². The maximum Gasteiger partial charge on any atom is 0.179 e. The molecule has 4 heteroatoms. The van der Waals surface area contributed by atoms with Gasteiger partial charge in [0.2, 0.25) is 0 Å². The molecule has 2 rings (SSSR count). The fourth-order valence-corrected chi connectivity index (χ4v) is 2.36. The van der Waals surface area contributed by atoms with E-state index >= 15 is 0 Å². The number of likely N-dealkylation sites (tertiary alicyclic amines) is 1. The van der Waals surface area contributed by atoms with E-state index in [4.69, 9.17) is 5.73 Å². The molecule has 1 saturated heterocycles. The topological polar surface area (TPSA) is 46.3 Å². The van der Waals surface area contributed by atoms with Crippen molar-refractivity contribution in [1.29, 1.82) is 0 Å². The standard InChI is InChI=1S/C14H19FN2O/c15-13-4-2-1-3-12(13)14(18)10-17-7-5-11(9-16)6-8-17/h1-4,11H,5-10,16H2. The quantitative estimate of drug-likeness (QED) is 0.827. The average molecular weight is 250 g/mol. The normalized spacial score (nSPS) is 17.9. The second-order valence-corrected chi connectivity index (χ2v) is 4.86. The van der Waals surface area contributed by atoms with E-state index in [-0.39, 0.29) is 11.3 Å². The number of halogens is 1. The summed E-state index contributed by atoms with van der Waals surface area (Å²) in [5.74, 6) is 0.00320. The van der Waals surface area contributed by atoms with Crippen molar-refractivity contribution in [3.63, 3.8) is 0 Å². The van der Waals surface area contributed by atoms with Gasteiger partial charge in [0, 0.05) is 0 Å². The number of hydrogen-bond acceptors (Lipinski definition) is 3. The van der Waals surface area contributed by atoms with Gasteiger partial charge >= 0.3 is 0 Å². The van der Waals surface area contributed by atoms with Crippen LogP contribution in [0, 0.1) is 11.7 Å². The molecule has 0 radical (unpaired) electrons. The number of hydrogen-bond donors (Lipinski definition) is 1. The van der Waals surface area contributed by atoms with Gasteiger partial charge in [0.15, 0.2) is 5.78 Å². The minimum atomic E-state index is -0.431. The van der Waals surface area contributed by atoms with Gasteiger partial charge in [0.05, 0.1) is 12.1 Å². The Morgan fingerprint density at radius 2 is 2.00 bits per heavy atom. The first-order valence-corrected chi connectivity index (χ1v) is 6.41. The van der Waals surface area contributed by atoms with Crippen molar-refractivity contribution in [2.75, 3.05) is 26.2 Å². The number of ketones is 1. The molecule has 0 unspecified atom stereocenters. The van der Waals surface area contributed by atoms with Crippen molar-refractivity contribution in [3.05, 3.63) is 35.6 Å². The molecule has 2 N–H and O–H groups in total. The summed E-state index contributed by atoms with van der Waals surface area (Å²) in [6, 6.07) is 6.16. The van der Waals surface area contributed by atoms with Crippen LogP contribution < -0.4 is 5.73 Å². The van der Waals surface area contributed by atoms with Crippen molar-refractivity contribution in [1.82, 2.24) is 4.90 Å². The molecule has 1 aliphatic rings. The van der Waals surface area contributed by atoms with E-state index in [9.17, 15) is 9.18 Å². The Balaban J connectivity index is 1.91. The summed E-state index contributed by atoms with van der Waals surface area (Å²) >= 11 is 0. The van der Waals surface area contributed by atoms with Crippen molar-refractivity contribution >= 4 is 5.78 Å². The molecule has 1 aromatic rings. The molecule has 0 bridgehead atoms. The predicted octanol–water partition coefficient (Wildman–Crippen LogP) is 1.68.